The molecule has 5 rings (SSSR count). The van der Waals surface area contributed by atoms with Crippen LogP contribution in [0.4, 0.5) is 10.2 Å². The van der Waals surface area contributed by atoms with Gasteiger partial charge in [0, 0.05) is 49.5 Å². The SMILES string of the molecule is CNc1ncc(-c2ccc3c(CCN(C)C4CCS(=O)(=O)CC4)cn(-c4cccc(CN(C)C)n4)c3n2)cc1F. The van der Waals surface area contributed by atoms with Crippen molar-refractivity contribution in [2.45, 2.75) is 31.8 Å². The largest absolute Gasteiger partial charge is 0.371 e. The minimum absolute atomic E-state index is 0.192. The predicted octanol–water partition coefficient (Wildman–Crippen LogP) is 3.78. The molecule has 1 aliphatic heterocycles. The van der Waals surface area contributed by atoms with E-state index in [1.807, 2.05) is 49.0 Å². The third kappa shape index (κ3) is 6.16. The zero-order chi connectivity index (χ0) is 28.4. The molecule has 0 atom stereocenters. The molecule has 0 saturated carbocycles. The van der Waals surface area contributed by atoms with Crippen molar-refractivity contribution in [2.24, 2.45) is 0 Å². The Labute approximate surface area is 235 Å². The molecule has 212 valence electrons. The summed E-state index contributed by atoms with van der Waals surface area (Å²) in [7, 11) is 4.83. The minimum Gasteiger partial charge on any atom is -0.371 e. The predicted molar refractivity (Wildman–Crippen MR) is 157 cm³/mol. The van der Waals surface area contributed by atoms with Crippen LogP contribution in [0.5, 0.6) is 0 Å². The van der Waals surface area contributed by atoms with Crippen LogP contribution in [0.1, 0.15) is 24.1 Å². The third-order valence-electron chi connectivity index (χ3n) is 7.51. The van der Waals surface area contributed by atoms with Gasteiger partial charge in [-0.2, -0.15) is 0 Å². The third-order valence-corrected chi connectivity index (χ3v) is 9.22. The normalized spacial score (nSPS) is 15.8. The molecule has 0 aromatic carbocycles. The van der Waals surface area contributed by atoms with Crippen molar-refractivity contribution in [3.8, 4) is 17.1 Å². The summed E-state index contributed by atoms with van der Waals surface area (Å²) in [4.78, 5) is 18.4. The van der Waals surface area contributed by atoms with Crippen molar-refractivity contribution < 1.29 is 12.8 Å². The molecule has 9 nitrogen and oxygen atoms in total. The number of likely N-dealkylation sites (N-methyl/N-ethyl adjacent to an activating group) is 1. The van der Waals surface area contributed by atoms with E-state index >= 15 is 0 Å². The first-order valence-electron chi connectivity index (χ1n) is 13.5. The monoisotopic (exact) mass is 565 g/mol. The fourth-order valence-electron chi connectivity index (χ4n) is 5.28. The average molecular weight is 566 g/mol. The second-order valence-electron chi connectivity index (χ2n) is 10.7. The molecule has 4 aromatic rings. The number of aromatic nitrogens is 4. The molecule has 0 spiro atoms. The van der Waals surface area contributed by atoms with Crippen LogP contribution in [0.2, 0.25) is 0 Å². The first-order valence-corrected chi connectivity index (χ1v) is 15.3. The summed E-state index contributed by atoms with van der Waals surface area (Å²) in [5.41, 5.74) is 4.03. The maximum Gasteiger partial charge on any atom is 0.166 e. The molecule has 0 amide bonds. The number of nitrogens with zero attached hydrogens (tertiary/aromatic N) is 6. The first-order chi connectivity index (χ1) is 19.1. The Morgan fingerprint density at radius 3 is 2.58 bits per heavy atom. The Morgan fingerprint density at radius 1 is 1.10 bits per heavy atom. The van der Waals surface area contributed by atoms with E-state index < -0.39 is 15.7 Å². The van der Waals surface area contributed by atoms with Crippen molar-refractivity contribution in [2.75, 3.05) is 51.6 Å². The highest BCUT2D eigenvalue weighted by Gasteiger charge is 2.26. The highest BCUT2D eigenvalue weighted by Crippen LogP contribution is 2.29. The van der Waals surface area contributed by atoms with Crippen LogP contribution in [-0.2, 0) is 22.8 Å². The molecular weight excluding hydrogens is 529 g/mol. The lowest BCUT2D eigenvalue weighted by atomic mass is 10.1. The molecule has 0 aliphatic carbocycles. The Bertz CT molecular complexity index is 1610. The molecule has 4 aromatic heterocycles. The Balaban J connectivity index is 1.50. The van der Waals surface area contributed by atoms with Gasteiger partial charge in [-0.05, 0) is 76.3 Å². The molecule has 1 aliphatic rings. The standard InChI is InChI=1S/C29H36FN7O2S/c1-31-28-25(30)16-21(17-32-28)26-9-8-24-20(10-13-36(4)23-11-14-40(38,39)15-12-23)18-37(29(24)34-26)27-7-5-6-22(33-27)19-35(2)3/h5-9,16-18,23H,10-15,19H2,1-4H3,(H,31,32). The van der Waals surface area contributed by atoms with Gasteiger partial charge in [-0.3, -0.25) is 4.57 Å². The highest BCUT2D eigenvalue weighted by molar-refractivity contribution is 7.91. The number of fused-ring (bicyclic) bond motifs is 1. The molecule has 40 heavy (non-hydrogen) atoms. The molecule has 1 N–H and O–H groups in total. The van der Waals surface area contributed by atoms with E-state index in [4.69, 9.17) is 9.97 Å². The topological polar surface area (TPSA) is 96.2 Å². The second kappa shape index (κ2) is 11.6. The smallest absolute Gasteiger partial charge is 0.166 e. The lowest BCUT2D eigenvalue weighted by Crippen LogP contribution is -2.39. The van der Waals surface area contributed by atoms with Crippen LogP contribution in [0.15, 0.2) is 48.8 Å². The second-order valence-corrected chi connectivity index (χ2v) is 13.0. The molecule has 11 heteroatoms. The van der Waals surface area contributed by atoms with Crippen LogP contribution in [-0.4, -0.2) is 90.0 Å². The summed E-state index contributed by atoms with van der Waals surface area (Å²) in [5, 5.41) is 3.75. The summed E-state index contributed by atoms with van der Waals surface area (Å²) in [6, 6.07) is 11.6. The fourth-order valence-corrected chi connectivity index (χ4v) is 6.74. The Hall–Kier alpha value is -3.41. The van der Waals surface area contributed by atoms with E-state index in [-0.39, 0.29) is 23.4 Å². The van der Waals surface area contributed by atoms with Gasteiger partial charge >= 0.3 is 0 Å². The molecule has 0 radical (unpaired) electrons. The summed E-state index contributed by atoms with van der Waals surface area (Å²) in [6.45, 7) is 1.50. The van der Waals surface area contributed by atoms with E-state index in [0.717, 1.165) is 41.1 Å². The van der Waals surface area contributed by atoms with E-state index in [9.17, 15) is 12.8 Å². The van der Waals surface area contributed by atoms with Crippen LogP contribution in [0.3, 0.4) is 0 Å². The summed E-state index contributed by atoms with van der Waals surface area (Å²) < 4.78 is 40.3. The fraction of sp³-hybridized carbons (Fsp3) is 0.414. The summed E-state index contributed by atoms with van der Waals surface area (Å²) >= 11 is 0. The first kappa shape index (κ1) is 28.1. The number of hydrogen-bond acceptors (Lipinski definition) is 8. The highest BCUT2D eigenvalue weighted by atomic mass is 32.2. The van der Waals surface area contributed by atoms with Crippen LogP contribution >= 0.6 is 0 Å². The average Bonchev–Trinajstić information content (AvgIpc) is 3.29. The molecule has 1 saturated heterocycles. The Kier molecular flexibility index (Phi) is 8.16. The van der Waals surface area contributed by atoms with Gasteiger partial charge in [0.05, 0.1) is 22.9 Å². The molecular formula is C29H36FN7O2S. The van der Waals surface area contributed by atoms with Crippen molar-refractivity contribution >= 4 is 26.7 Å². The number of sulfone groups is 1. The van der Waals surface area contributed by atoms with Gasteiger partial charge in [0.25, 0.3) is 0 Å². The molecule has 0 bridgehead atoms. The number of pyridine rings is 3. The lowest BCUT2D eigenvalue weighted by molar-refractivity contribution is 0.229. The van der Waals surface area contributed by atoms with Gasteiger partial charge in [-0.15, -0.1) is 0 Å². The van der Waals surface area contributed by atoms with Crippen molar-refractivity contribution in [3.63, 3.8) is 0 Å². The summed E-state index contributed by atoms with van der Waals surface area (Å²) in [6.07, 6.45) is 5.82. The minimum atomic E-state index is -2.90. The number of anilines is 1. The molecule has 5 heterocycles. The van der Waals surface area contributed by atoms with Crippen LogP contribution in [0, 0.1) is 5.82 Å². The molecule has 1 fully saturated rings. The zero-order valence-electron chi connectivity index (χ0n) is 23.4. The number of nitrogens with one attached hydrogen (secondary N) is 1. The Morgan fingerprint density at radius 2 is 1.88 bits per heavy atom. The van der Waals surface area contributed by atoms with Gasteiger partial charge < -0.3 is 15.1 Å². The van der Waals surface area contributed by atoms with E-state index in [1.54, 1.807) is 13.2 Å². The van der Waals surface area contributed by atoms with Gasteiger partial charge in [0.2, 0.25) is 0 Å². The van der Waals surface area contributed by atoms with Gasteiger partial charge in [0.15, 0.2) is 11.6 Å². The van der Waals surface area contributed by atoms with Gasteiger partial charge in [0.1, 0.15) is 21.3 Å². The zero-order valence-corrected chi connectivity index (χ0v) is 24.2. The van der Waals surface area contributed by atoms with E-state index in [0.29, 0.717) is 30.6 Å². The maximum absolute atomic E-state index is 14.5. The van der Waals surface area contributed by atoms with Crippen LogP contribution in [0.25, 0.3) is 28.1 Å². The van der Waals surface area contributed by atoms with Crippen molar-refractivity contribution in [1.82, 2.24) is 29.3 Å². The summed E-state index contributed by atoms with van der Waals surface area (Å²) in [5.74, 6) is 1.04. The molecule has 0 unspecified atom stereocenters. The number of hydrogen-bond donors (Lipinski definition) is 1. The number of halogens is 1. The van der Waals surface area contributed by atoms with Gasteiger partial charge in [-0.25, -0.2) is 27.8 Å². The number of rotatable bonds is 9. The van der Waals surface area contributed by atoms with Crippen LogP contribution < -0.4 is 5.32 Å². The quantitative estimate of drug-likeness (QED) is 0.328. The lowest BCUT2D eigenvalue weighted by Gasteiger charge is -2.31. The van der Waals surface area contributed by atoms with E-state index in [2.05, 4.69) is 33.3 Å². The maximum atomic E-state index is 14.5. The van der Waals surface area contributed by atoms with Crippen molar-refractivity contribution in [1.29, 1.82) is 0 Å². The van der Waals surface area contributed by atoms with E-state index in [1.165, 1.54) is 6.07 Å². The van der Waals surface area contributed by atoms with Crippen molar-refractivity contribution in [3.05, 3.63) is 65.9 Å². The van der Waals surface area contributed by atoms with Gasteiger partial charge in [-0.1, -0.05) is 6.07 Å².